The van der Waals surface area contributed by atoms with Gasteiger partial charge in [0.15, 0.2) is 12.1 Å². The Morgan fingerprint density at radius 3 is 2.83 bits per heavy atom. The Labute approximate surface area is 169 Å². The third-order valence-corrected chi connectivity index (χ3v) is 7.16. The predicted molar refractivity (Wildman–Crippen MR) is 108 cm³/mol. The maximum absolute atomic E-state index is 14.4. The van der Waals surface area contributed by atoms with Gasteiger partial charge in [0.25, 0.3) is 0 Å². The molecule has 3 rings (SSSR count). The summed E-state index contributed by atoms with van der Waals surface area (Å²) in [5.41, 5.74) is 5.54. The van der Waals surface area contributed by atoms with Crippen LogP contribution in [-0.4, -0.2) is 66.9 Å². The van der Waals surface area contributed by atoms with Crippen LogP contribution in [-0.2, 0) is 14.8 Å². The highest BCUT2D eigenvalue weighted by Crippen LogP contribution is 2.37. The minimum Gasteiger partial charge on any atom is -0.479 e. The van der Waals surface area contributed by atoms with Gasteiger partial charge < -0.3 is 20.9 Å². The Kier molecular flexibility index (Phi) is 5.72. The van der Waals surface area contributed by atoms with E-state index in [1.807, 2.05) is 0 Å². The molecule has 2 heterocycles. The van der Waals surface area contributed by atoms with E-state index < -0.39 is 33.7 Å². The number of aliphatic imine (C=N–C) groups is 2. The Balaban J connectivity index is 1.95. The van der Waals surface area contributed by atoms with Crippen LogP contribution in [0.1, 0.15) is 26.7 Å². The fourth-order valence-corrected chi connectivity index (χ4v) is 5.05. The SMILES string of the molecule is CC[C@@]1(C2=CC(NC(O)C3COC(C)=N3)=CC=C(F)C2)CS(=O)(=O)N(C)C(N)=N1. The van der Waals surface area contributed by atoms with Crippen molar-refractivity contribution in [3.63, 3.8) is 0 Å². The van der Waals surface area contributed by atoms with Gasteiger partial charge in [0, 0.05) is 26.1 Å². The molecule has 3 atom stereocenters. The number of hydrogen-bond donors (Lipinski definition) is 3. The third-order valence-electron chi connectivity index (χ3n) is 5.29. The number of nitrogens with two attached hydrogens (primary N) is 1. The minimum atomic E-state index is -3.70. The van der Waals surface area contributed by atoms with E-state index in [1.54, 1.807) is 19.9 Å². The van der Waals surface area contributed by atoms with Crippen molar-refractivity contribution in [2.24, 2.45) is 15.7 Å². The largest absolute Gasteiger partial charge is 0.479 e. The van der Waals surface area contributed by atoms with Gasteiger partial charge in [-0.3, -0.25) is 0 Å². The molecule has 29 heavy (non-hydrogen) atoms. The highest BCUT2D eigenvalue weighted by Gasteiger charge is 2.44. The molecule has 0 radical (unpaired) electrons. The standard InChI is InChI=1S/C18H26FN5O4S/c1-4-18(10-29(26,27)24(3)17(20)23-18)12-7-13(19)5-6-14(8-12)22-16(25)15-9-28-11(2)21-15/h5-6,8,15-16,22,25H,4,7,9-10H2,1-3H3,(H2,20,23)/t15?,16?,18-/m0/s1. The van der Waals surface area contributed by atoms with E-state index in [0.717, 1.165) is 4.31 Å². The van der Waals surface area contributed by atoms with Crippen LogP contribution in [0.3, 0.4) is 0 Å². The van der Waals surface area contributed by atoms with Crippen LogP contribution in [0, 0.1) is 0 Å². The summed E-state index contributed by atoms with van der Waals surface area (Å²) < 4.78 is 45.7. The van der Waals surface area contributed by atoms with Crippen molar-refractivity contribution in [2.75, 3.05) is 19.4 Å². The average molecular weight is 428 g/mol. The zero-order valence-corrected chi connectivity index (χ0v) is 17.4. The highest BCUT2D eigenvalue weighted by molar-refractivity contribution is 7.89. The van der Waals surface area contributed by atoms with E-state index in [4.69, 9.17) is 10.5 Å². The van der Waals surface area contributed by atoms with Crippen molar-refractivity contribution in [1.82, 2.24) is 9.62 Å². The van der Waals surface area contributed by atoms with Crippen LogP contribution < -0.4 is 11.1 Å². The van der Waals surface area contributed by atoms with Gasteiger partial charge in [-0.2, -0.15) is 0 Å². The van der Waals surface area contributed by atoms with Crippen molar-refractivity contribution in [3.05, 3.63) is 35.3 Å². The fraction of sp³-hybridized carbons (Fsp3) is 0.556. The Hall–Kier alpha value is -2.40. The van der Waals surface area contributed by atoms with Crippen LogP contribution in [0.2, 0.25) is 0 Å². The summed E-state index contributed by atoms with van der Waals surface area (Å²) in [6.45, 7) is 3.71. The number of rotatable bonds is 5. The first-order valence-corrected chi connectivity index (χ1v) is 10.9. The second kappa shape index (κ2) is 7.79. The van der Waals surface area contributed by atoms with Crippen molar-refractivity contribution < 1.29 is 22.7 Å². The van der Waals surface area contributed by atoms with E-state index in [-0.39, 0.29) is 24.7 Å². The molecule has 0 aromatic heterocycles. The topological polar surface area (TPSA) is 130 Å². The lowest BCUT2D eigenvalue weighted by atomic mass is 9.86. The number of aliphatic hydroxyl groups is 1. The molecule has 0 aromatic rings. The summed E-state index contributed by atoms with van der Waals surface area (Å²) in [5, 5.41) is 13.3. The first kappa shape index (κ1) is 21.3. The Bertz CT molecular complexity index is 940. The van der Waals surface area contributed by atoms with Gasteiger partial charge in [-0.05, 0) is 30.2 Å². The second-order valence-electron chi connectivity index (χ2n) is 7.28. The Morgan fingerprint density at radius 2 is 2.24 bits per heavy atom. The summed E-state index contributed by atoms with van der Waals surface area (Å²) in [6, 6.07) is -0.498. The van der Waals surface area contributed by atoms with E-state index in [2.05, 4.69) is 15.3 Å². The number of nitrogens with zero attached hydrogens (tertiary/aromatic N) is 3. The number of aliphatic hydroxyl groups excluding tert-OH is 1. The monoisotopic (exact) mass is 427 g/mol. The van der Waals surface area contributed by atoms with Gasteiger partial charge >= 0.3 is 0 Å². The first-order valence-electron chi connectivity index (χ1n) is 9.27. The van der Waals surface area contributed by atoms with E-state index >= 15 is 0 Å². The number of nitrogens with one attached hydrogen (secondary N) is 1. The zero-order chi connectivity index (χ0) is 21.4. The lowest BCUT2D eigenvalue weighted by Crippen LogP contribution is -2.53. The number of ether oxygens (including phenoxy) is 1. The predicted octanol–water partition coefficient (Wildman–Crippen LogP) is 0.518. The molecule has 160 valence electrons. The van der Waals surface area contributed by atoms with Gasteiger partial charge in [0.1, 0.15) is 24.0 Å². The molecule has 0 fully saturated rings. The molecule has 0 saturated heterocycles. The molecule has 0 saturated carbocycles. The van der Waals surface area contributed by atoms with Gasteiger partial charge in [-0.15, -0.1) is 0 Å². The van der Waals surface area contributed by atoms with Crippen LogP contribution >= 0.6 is 0 Å². The van der Waals surface area contributed by atoms with Crippen molar-refractivity contribution in [3.8, 4) is 0 Å². The molecule has 11 heteroatoms. The van der Waals surface area contributed by atoms with Gasteiger partial charge in [-0.1, -0.05) is 6.92 Å². The molecular formula is C18H26FN5O4S. The molecule has 0 bridgehead atoms. The Morgan fingerprint density at radius 1 is 1.52 bits per heavy atom. The minimum absolute atomic E-state index is 0.106. The quantitative estimate of drug-likeness (QED) is 0.549. The molecular weight excluding hydrogens is 401 g/mol. The maximum atomic E-state index is 14.4. The molecule has 2 aliphatic heterocycles. The molecule has 0 spiro atoms. The molecule has 2 unspecified atom stereocenters. The first-order chi connectivity index (χ1) is 13.6. The molecule has 0 aromatic carbocycles. The lowest BCUT2D eigenvalue weighted by molar-refractivity contribution is 0.108. The number of allylic oxidation sites excluding steroid dienone is 4. The summed E-state index contributed by atoms with van der Waals surface area (Å²) in [4.78, 5) is 8.62. The smallest absolute Gasteiger partial charge is 0.239 e. The maximum Gasteiger partial charge on any atom is 0.239 e. The molecule has 0 amide bonds. The summed E-state index contributed by atoms with van der Waals surface area (Å²) in [6.07, 6.45) is 3.54. The van der Waals surface area contributed by atoms with Gasteiger partial charge in [0.2, 0.25) is 16.0 Å². The number of halogens is 1. The average Bonchev–Trinajstić information content (AvgIpc) is 3.00. The summed E-state index contributed by atoms with van der Waals surface area (Å²) in [7, 11) is -2.36. The highest BCUT2D eigenvalue weighted by atomic mass is 32.2. The van der Waals surface area contributed by atoms with E-state index in [1.165, 1.54) is 19.2 Å². The lowest BCUT2D eigenvalue weighted by Gasteiger charge is -2.38. The number of sulfonamides is 1. The molecule has 9 nitrogen and oxygen atoms in total. The molecule has 3 aliphatic rings. The van der Waals surface area contributed by atoms with Gasteiger partial charge in [0.05, 0.1) is 5.75 Å². The second-order valence-corrected chi connectivity index (χ2v) is 9.28. The van der Waals surface area contributed by atoms with Crippen LogP contribution in [0.4, 0.5) is 4.39 Å². The summed E-state index contributed by atoms with van der Waals surface area (Å²) in [5.74, 6) is -0.417. The van der Waals surface area contributed by atoms with Crippen LogP contribution in [0.25, 0.3) is 0 Å². The van der Waals surface area contributed by atoms with Crippen molar-refractivity contribution in [2.45, 2.75) is 44.5 Å². The van der Waals surface area contributed by atoms with E-state index in [0.29, 0.717) is 23.6 Å². The molecule has 1 aliphatic carbocycles. The summed E-state index contributed by atoms with van der Waals surface area (Å²) >= 11 is 0. The fourth-order valence-electron chi connectivity index (χ4n) is 3.48. The van der Waals surface area contributed by atoms with Crippen molar-refractivity contribution in [1.29, 1.82) is 0 Å². The number of hydrogen-bond acceptors (Lipinski definition) is 8. The molecule has 4 N–H and O–H groups in total. The zero-order valence-electron chi connectivity index (χ0n) is 16.6. The van der Waals surface area contributed by atoms with E-state index in [9.17, 15) is 17.9 Å². The normalized spacial score (nSPS) is 30.2. The number of guanidine groups is 1. The van der Waals surface area contributed by atoms with Crippen LogP contribution in [0.5, 0.6) is 0 Å². The van der Waals surface area contributed by atoms with Crippen molar-refractivity contribution >= 4 is 21.9 Å². The van der Waals surface area contributed by atoms with Crippen LogP contribution in [0.15, 0.2) is 45.3 Å². The third kappa shape index (κ3) is 4.30. The van der Waals surface area contributed by atoms with Gasteiger partial charge in [-0.25, -0.2) is 27.1 Å².